The number of thioether (sulfide) groups is 1. The van der Waals surface area contributed by atoms with Crippen LogP contribution in [0.1, 0.15) is 5.56 Å². The number of para-hydroxylation sites is 1. The Kier molecular flexibility index (Phi) is 3.83. The highest BCUT2D eigenvalue weighted by molar-refractivity contribution is 7.99. The maximum absolute atomic E-state index is 10.6. The molecule has 21 heavy (non-hydrogen) atoms. The van der Waals surface area contributed by atoms with Crippen molar-refractivity contribution >= 4 is 28.4 Å². The van der Waals surface area contributed by atoms with E-state index in [9.17, 15) is 10.1 Å². The molecule has 4 nitrogen and oxygen atoms in total. The maximum atomic E-state index is 10.6. The van der Waals surface area contributed by atoms with Crippen LogP contribution in [-0.4, -0.2) is 9.91 Å². The molecule has 0 N–H and O–H groups in total. The van der Waals surface area contributed by atoms with E-state index in [4.69, 9.17) is 0 Å². The van der Waals surface area contributed by atoms with Gasteiger partial charge >= 0.3 is 0 Å². The Morgan fingerprint density at radius 1 is 1.05 bits per heavy atom. The first-order valence-corrected chi connectivity index (χ1v) is 7.43. The molecule has 1 aliphatic rings. The van der Waals surface area contributed by atoms with Gasteiger partial charge in [-0.3, -0.25) is 15.1 Å². The van der Waals surface area contributed by atoms with Gasteiger partial charge in [0.25, 0.3) is 5.69 Å². The molecule has 3 aromatic rings. The molecular weight excluding hydrogens is 284 g/mol. The lowest BCUT2D eigenvalue weighted by Gasteiger charge is -2.15. The summed E-state index contributed by atoms with van der Waals surface area (Å²) < 4.78 is 0. The van der Waals surface area contributed by atoms with Gasteiger partial charge in [0.15, 0.2) is 0 Å². The number of hydrogen-bond donors (Lipinski definition) is 0. The summed E-state index contributed by atoms with van der Waals surface area (Å²) in [6, 6.07) is 17.0. The minimum atomic E-state index is -0.399. The summed E-state index contributed by atoms with van der Waals surface area (Å²) in [6.45, 7) is 0. The van der Waals surface area contributed by atoms with Gasteiger partial charge in [0.05, 0.1) is 15.8 Å². The van der Waals surface area contributed by atoms with Crippen LogP contribution in [0, 0.1) is 10.1 Å². The number of rotatable bonds is 1. The first kappa shape index (κ1) is 13.6. The molecule has 0 bridgehead atoms. The Labute approximate surface area is 126 Å². The van der Waals surface area contributed by atoms with Crippen LogP contribution < -0.4 is 0 Å². The Morgan fingerprint density at radius 2 is 1.81 bits per heavy atom. The third kappa shape index (κ3) is 2.87. The van der Waals surface area contributed by atoms with Gasteiger partial charge in [0.2, 0.25) is 0 Å². The fourth-order valence-corrected chi connectivity index (χ4v) is 2.90. The number of fused-ring (bicyclic) bond motifs is 2. The number of pyridine rings is 1. The van der Waals surface area contributed by atoms with Crippen molar-refractivity contribution in [1.29, 1.82) is 0 Å². The molecule has 0 atom stereocenters. The van der Waals surface area contributed by atoms with Crippen LogP contribution in [0.5, 0.6) is 0 Å². The summed E-state index contributed by atoms with van der Waals surface area (Å²) in [6.07, 6.45) is 1.44. The first-order chi connectivity index (χ1) is 10.3. The maximum Gasteiger partial charge on any atom is 0.280 e. The minimum absolute atomic E-state index is 0.102. The third-order valence-corrected chi connectivity index (χ3v) is 4.34. The molecule has 0 unspecified atom stereocenters. The smallest absolute Gasteiger partial charge is 0.258 e. The van der Waals surface area contributed by atoms with E-state index in [2.05, 4.69) is 29.2 Å². The second kappa shape index (κ2) is 5.93. The van der Waals surface area contributed by atoms with Crippen molar-refractivity contribution in [2.24, 2.45) is 0 Å². The zero-order chi connectivity index (χ0) is 14.7. The van der Waals surface area contributed by atoms with E-state index < -0.39 is 4.92 Å². The van der Waals surface area contributed by atoms with E-state index >= 15 is 0 Å². The van der Waals surface area contributed by atoms with E-state index in [0.29, 0.717) is 10.9 Å². The van der Waals surface area contributed by atoms with E-state index in [1.165, 1.54) is 28.5 Å². The molecule has 5 heteroatoms. The highest BCUT2D eigenvalue weighted by Gasteiger charge is 2.10. The fourth-order valence-electron chi connectivity index (χ4n) is 2.08. The van der Waals surface area contributed by atoms with E-state index in [1.807, 2.05) is 11.8 Å². The lowest BCUT2D eigenvalue weighted by atomic mass is 10.2. The van der Waals surface area contributed by atoms with Gasteiger partial charge in [-0.05, 0) is 23.8 Å². The molecule has 0 amide bonds. The largest absolute Gasteiger partial charge is 0.280 e. The topological polar surface area (TPSA) is 56.0 Å². The molecule has 104 valence electrons. The zero-order valence-electron chi connectivity index (χ0n) is 11.1. The molecule has 0 radical (unpaired) electrons. The molecule has 1 aliphatic heterocycles. The first-order valence-electron chi connectivity index (χ1n) is 6.44. The van der Waals surface area contributed by atoms with Crippen LogP contribution in [0.2, 0.25) is 0 Å². The molecule has 2 aromatic carbocycles. The summed E-state index contributed by atoms with van der Waals surface area (Å²) >= 11 is 1.93. The Balaban J connectivity index is 0.000000140. The van der Waals surface area contributed by atoms with Crippen LogP contribution in [-0.2, 0) is 5.75 Å². The number of nitro groups is 1. The molecular formula is C16H12N2O2S. The summed E-state index contributed by atoms with van der Waals surface area (Å²) in [4.78, 5) is 15.7. The third-order valence-electron chi connectivity index (χ3n) is 3.18. The van der Waals surface area contributed by atoms with Gasteiger partial charge in [-0.15, -0.1) is 11.8 Å². The van der Waals surface area contributed by atoms with Gasteiger partial charge in [-0.2, -0.15) is 0 Å². The van der Waals surface area contributed by atoms with Crippen molar-refractivity contribution in [3.05, 3.63) is 76.5 Å². The average molecular weight is 296 g/mol. The molecule has 1 aromatic heterocycles. The van der Waals surface area contributed by atoms with E-state index in [-0.39, 0.29) is 5.69 Å². The summed E-state index contributed by atoms with van der Waals surface area (Å²) in [5.74, 6) is 1.22. The average Bonchev–Trinajstić information content (AvgIpc) is 2.48. The Morgan fingerprint density at radius 3 is 2.43 bits per heavy atom. The quantitative estimate of drug-likeness (QED) is 0.492. The van der Waals surface area contributed by atoms with Crippen LogP contribution in [0.4, 0.5) is 5.69 Å². The zero-order valence-corrected chi connectivity index (χ0v) is 11.9. The van der Waals surface area contributed by atoms with Gasteiger partial charge in [0, 0.05) is 22.9 Å². The summed E-state index contributed by atoms with van der Waals surface area (Å²) in [7, 11) is 0. The molecule has 0 saturated carbocycles. The predicted octanol–water partition coefficient (Wildman–Crippen LogP) is 4.44. The molecule has 0 spiro atoms. The second-order valence-corrected chi connectivity index (χ2v) is 5.52. The van der Waals surface area contributed by atoms with Crippen molar-refractivity contribution in [3.8, 4) is 0 Å². The SMILES string of the molecule is O=[N+]([O-])c1ccnc2ccccc12.c1ccc2c(c1)CS2. The molecule has 2 heterocycles. The molecule has 0 fully saturated rings. The van der Waals surface area contributed by atoms with E-state index in [0.717, 1.165) is 0 Å². The summed E-state index contributed by atoms with van der Waals surface area (Å²) in [5, 5.41) is 11.2. The second-order valence-electron chi connectivity index (χ2n) is 4.50. The van der Waals surface area contributed by atoms with Crippen molar-refractivity contribution in [2.75, 3.05) is 0 Å². The summed E-state index contributed by atoms with van der Waals surface area (Å²) in [5.41, 5.74) is 2.26. The molecule has 0 aliphatic carbocycles. The Hall–Kier alpha value is -2.40. The molecule has 0 saturated heterocycles. The van der Waals surface area contributed by atoms with Crippen LogP contribution in [0.3, 0.4) is 0 Å². The van der Waals surface area contributed by atoms with Crippen molar-refractivity contribution in [2.45, 2.75) is 10.6 Å². The fraction of sp³-hybridized carbons (Fsp3) is 0.0625. The number of nitrogens with zero attached hydrogens (tertiary/aromatic N) is 2. The number of benzene rings is 2. The van der Waals surface area contributed by atoms with Crippen molar-refractivity contribution in [3.63, 3.8) is 0 Å². The minimum Gasteiger partial charge on any atom is -0.258 e. The van der Waals surface area contributed by atoms with Gasteiger partial charge in [0.1, 0.15) is 0 Å². The van der Waals surface area contributed by atoms with Crippen LogP contribution in [0.15, 0.2) is 65.7 Å². The highest BCUT2D eigenvalue weighted by atomic mass is 32.2. The monoisotopic (exact) mass is 296 g/mol. The van der Waals surface area contributed by atoms with Crippen LogP contribution >= 0.6 is 11.8 Å². The predicted molar refractivity (Wildman–Crippen MR) is 84.4 cm³/mol. The van der Waals surface area contributed by atoms with E-state index in [1.54, 1.807) is 24.3 Å². The van der Waals surface area contributed by atoms with Crippen molar-refractivity contribution in [1.82, 2.24) is 4.98 Å². The van der Waals surface area contributed by atoms with Gasteiger partial charge in [-0.25, -0.2) is 0 Å². The number of hydrogen-bond acceptors (Lipinski definition) is 4. The lowest BCUT2D eigenvalue weighted by Crippen LogP contribution is -1.93. The standard InChI is InChI=1S/C9H6N2O2.C7H6S/c12-11(13)9-5-6-10-8-4-2-1-3-7(8)9;1-2-4-7-6(3-1)5-8-7/h1-6H;1-4H,5H2. The van der Waals surface area contributed by atoms with Gasteiger partial charge in [-0.1, -0.05) is 30.3 Å². The van der Waals surface area contributed by atoms with Gasteiger partial charge < -0.3 is 0 Å². The normalized spacial score (nSPS) is 11.8. The number of aromatic nitrogens is 1. The molecule has 4 rings (SSSR count). The highest BCUT2D eigenvalue weighted by Crippen LogP contribution is 2.36. The lowest BCUT2D eigenvalue weighted by molar-refractivity contribution is -0.383. The van der Waals surface area contributed by atoms with Crippen LogP contribution in [0.25, 0.3) is 10.9 Å². The Bertz CT molecular complexity index is 777. The van der Waals surface area contributed by atoms with Crippen molar-refractivity contribution < 1.29 is 4.92 Å².